The summed E-state index contributed by atoms with van der Waals surface area (Å²) in [7, 11) is 0. The first-order valence-electron chi connectivity index (χ1n) is 2.92. The van der Waals surface area contributed by atoms with Crippen molar-refractivity contribution < 1.29 is 9.84 Å². The first-order chi connectivity index (χ1) is 3.98. The Morgan fingerprint density at radius 1 is 1.60 bits per heavy atom. The van der Waals surface area contributed by atoms with E-state index in [1.54, 1.807) is 6.92 Å². The monoisotopic (exact) mass is 167 g/mol. The van der Waals surface area contributed by atoms with E-state index < -0.39 is 5.60 Å². The maximum Gasteiger partial charge on any atom is 0.212 e. The summed E-state index contributed by atoms with van der Waals surface area (Å²) in [6, 6.07) is 0. The summed E-state index contributed by atoms with van der Waals surface area (Å²) in [5.41, 5.74) is -1.13. The van der Waals surface area contributed by atoms with Crippen LogP contribution in [0.2, 0.25) is 0 Å². The molecule has 0 heterocycles. The number of ether oxygens (including phenoxy) is 1. The minimum Gasteiger partial charge on any atom is -0.479 e. The maximum absolute atomic E-state index is 9.07. The Labute approximate surface area is 67.3 Å². The van der Waals surface area contributed by atoms with Crippen LogP contribution in [-0.4, -0.2) is 23.2 Å². The summed E-state index contributed by atoms with van der Waals surface area (Å²) in [5.74, 6) is -0.0787. The summed E-state index contributed by atoms with van der Waals surface area (Å²) in [5, 5.41) is 16.1. The van der Waals surface area contributed by atoms with Crippen molar-refractivity contribution in [3.05, 3.63) is 0 Å². The Hall–Kier alpha value is -0.280. The molecule has 0 saturated heterocycles. The second-order valence-corrected chi connectivity index (χ2v) is 2.32. The Kier molecular flexibility index (Phi) is 5.61. The van der Waals surface area contributed by atoms with Crippen molar-refractivity contribution in [3.63, 3.8) is 0 Å². The van der Waals surface area contributed by atoms with Crippen molar-refractivity contribution in [1.29, 1.82) is 5.41 Å². The van der Waals surface area contributed by atoms with Crippen LogP contribution in [0.5, 0.6) is 0 Å². The van der Waals surface area contributed by atoms with Crippen molar-refractivity contribution >= 4 is 18.3 Å². The van der Waals surface area contributed by atoms with Crippen molar-refractivity contribution in [1.82, 2.24) is 0 Å². The molecular weight excluding hydrogens is 154 g/mol. The van der Waals surface area contributed by atoms with E-state index in [0.717, 1.165) is 0 Å². The average molecular weight is 168 g/mol. The van der Waals surface area contributed by atoms with Crippen LogP contribution >= 0.6 is 12.4 Å². The number of hydrogen-bond acceptors (Lipinski definition) is 3. The molecule has 0 atom stereocenters. The van der Waals surface area contributed by atoms with E-state index in [0.29, 0.717) is 6.61 Å². The lowest BCUT2D eigenvalue weighted by Gasteiger charge is -2.17. The molecule has 2 N–H and O–H groups in total. The van der Waals surface area contributed by atoms with Crippen molar-refractivity contribution in [2.75, 3.05) is 6.61 Å². The third kappa shape index (κ3) is 4.58. The molecule has 0 aliphatic heterocycles. The molecule has 0 bridgehead atoms. The Morgan fingerprint density at radius 2 is 2.00 bits per heavy atom. The van der Waals surface area contributed by atoms with Crippen molar-refractivity contribution in [2.45, 2.75) is 26.4 Å². The predicted octanol–water partition coefficient (Wildman–Crippen LogP) is 1.19. The molecule has 0 unspecified atom stereocenters. The lowest BCUT2D eigenvalue weighted by Crippen LogP contribution is -2.32. The zero-order valence-corrected chi connectivity index (χ0v) is 7.29. The minimum atomic E-state index is -1.13. The van der Waals surface area contributed by atoms with Gasteiger partial charge in [-0.1, -0.05) is 0 Å². The number of rotatable bonds is 2. The van der Waals surface area contributed by atoms with Gasteiger partial charge in [-0.05, 0) is 20.8 Å². The molecule has 0 aromatic carbocycles. The highest BCUT2D eigenvalue weighted by molar-refractivity contribution is 5.85. The van der Waals surface area contributed by atoms with Crippen molar-refractivity contribution in [2.24, 2.45) is 0 Å². The zero-order chi connectivity index (χ0) is 7.49. The molecule has 3 nitrogen and oxygen atoms in total. The summed E-state index contributed by atoms with van der Waals surface area (Å²) >= 11 is 0. The van der Waals surface area contributed by atoms with Crippen LogP contribution < -0.4 is 0 Å². The molecule has 0 aliphatic carbocycles. The molecular formula is C6H14ClNO2. The second kappa shape index (κ2) is 4.52. The van der Waals surface area contributed by atoms with Crippen LogP contribution in [0.1, 0.15) is 20.8 Å². The highest BCUT2D eigenvalue weighted by Crippen LogP contribution is 2.03. The smallest absolute Gasteiger partial charge is 0.212 e. The highest BCUT2D eigenvalue weighted by atomic mass is 35.5. The molecule has 0 radical (unpaired) electrons. The SMILES string of the molecule is CCOC(=N)C(C)(C)O.Cl. The van der Waals surface area contributed by atoms with Gasteiger partial charge in [0.2, 0.25) is 5.90 Å². The van der Waals surface area contributed by atoms with Gasteiger partial charge in [-0.2, -0.15) is 0 Å². The number of aliphatic hydroxyl groups is 1. The second-order valence-electron chi connectivity index (χ2n) is 2.32. The van der Waals surface area contributed by atoms with Crippen LogP contribution in [-0.2, 0) is 4.74 Å². The van der Waals surface area contributed by atoms with E-state index in [9.17, 15) is 0 Å². The molecule has 4 heteroatoms. The summed E-state index contributed by atoms with van der Waals surface area (Å²) in [6.45, 7) is 5.25. The van der Waals surface area contributed by atoms with Gasteiger partial charge >= 0.3 is 0 Å². The fourth-order valence-electron chi connectivity index (χ4n) is 0.321. The van der Waals surface area contributed by atoms with E-state index in [1.165, 1.54) is 13.8 Å². The van der Waals surface area contributed by atoms with Gasteiger partial charge in [-0.15, -0.1) is 12.4 Å². The quantitative estimate of drug-likeness (QED) is 0.480. The summed E-state index contributed by atoms with van der Waals surface area (Å²) in [6.07, 6.45) is 0. The molecule has 0 saturated carbocycles. The predicted molar refractivity (Wildman–Crippen MR) is 42.9 cm³/mol. The van der Waals surface area contributed by atoms with Gasteiger partial charge in [0.25, 0.3) is 0 Å². The van der Waals surface area contributed by atoms with E-state index in [-0.39, 0.29) is 18.3 Å². The molecule has 0 spiro atoms. The number of nitrogens with one attached hydrogen (secondary N) is 1. The van der Waals surface area contributed by atoms with Gasteiger partial charge in [0.05, 0.1) is 6.61 Å². The fraction of sp³-hybridized carbons (Fsp3) is 0.833. The Morgan fingerprint density at radius 3 is 2.10 bits per heavy atom. The van der Waals surface area contributed by atoms with Crippen LogP contribution in [0, 0.1) is 5.41 Å². The maximum atomic E-state index is 9.07. The molecule has 0 aliphatic rings. The van der Waals surface area contributed by atoms with E-state index in [4.69, 9.17) is 15.3 Å². The minimum absolute atomic E-state index is 0. The first kappa shape index (κ1) is 12.4. The van der Waals surface area contributed by atoms with E-state index >= 15 is 0 Å². The topological polar surface area (TPSA) is 53.3 Å². The first-order valence-corrected chi connectivity index (χ1v) is 2.92. The van der Waals surface area contributed by atoms with Crippen LogP contribution in [0.15, 0.2) is 0 Å². The van der Waals surface area contributed by atoms with E-state index in [1.807, 2.05) is 0 Å². The van der Waals surface area contributed by atoms with Gasteiger partial charge in [0, 0.05) is 0 Å². The summed E-state index contributed by atoms with van der Waals surface area (Å²) in [4.78, 5) is 0. The molecule has 0 fully saturated rings. The van der Waals surface area contributed by atoms with Gasteiger partial charge in [-0.25, -0.2) is 0 Å². The van der Waals surface area contributed by atoms with Crippen LogP contribution in [0.3, 0.4) is 0 Å². The lowest BCUT2D eigenvalue weighted by atomic mass is 10.1. The standard InChI is InChI=1S/C6H13NO2.ClH/c1-4-9-5(7)6(2,3)8;/h7-8H,4H2,1-3H3;1H. The number of halogens is 1. The molecule has 0 rings (SSSR count). The molecule has 0 aromatic rings. The van der Waals surface area contributed by atoms with Gasteiger partial charge in [0.1, 0.15) is 5.60 Å². The largest absolute Gasteiger partial charge is 0.479 e. The van der Waals surface area contributed by atoms with Crippen LogP contribution in [0.4, 0.5) is 0 Å². The van der Waals surface area contributed by atoms with Gasteiger partial charge < -0.3 is 9.84 Å². The van der Waals surface area contributed by atoms with Crippen LogP contribution in [0.25, 0.3) is 0 Å². The Balaban J connectivity index is 0. The molecule has 0 amide bonds. The third-order valence-electron chi connectivity index (χ3n) is 0.844. The average Bonchev–Trinajstić information content (AvgIpc) is 1.64. The highest BCUT2D eigenvalue weighted by Gasteiger charge is 2.20. The molecule has 0 aromatic heterocycles. The number of hydrogen-bond donors (Lipinski definition) is 2. The van der Waals surface area contributed by atoms with Gasteiger partial charge in [0.15, 0.2) is 0 Å². The fourth-order valence-corrected chi connectivity index (χ4v) is 0.321. The summed E-state index contributed by atoms with van der Waals surface area (Å²) < 4.78 is 4.74. The molecule has 62 valence electrons. The Bertz CT molecular complexity index is 109. The van der Waals surface area contributed by atoms with Gasteiger partial charge in [-0.3, -0.25) is 5.41 Å². The third-order valence-corrected chi connectivity index (χ3v) is 0.844. The normalized spacial score (nSPS) is 10.0. The van der Waals surface area contributed by atoms with Crippen molar-refractivity contribution in [3.8, 4) is 0 Å². The van der Waals surface area contributed by atoms with E-state index in [2.05, 4.69) is 0 Å². The molecule has 10 heavy (non-hydrogen) atoms. The lowest BCUT2D eigenvalue weighted by molar-refractivity contribution is 0.114. The zero-order valence-electron chi connectivity index (χ0n) is 6.47.